The number of nitrogens with one attached hydrogen (secondary N) is 1. The first kappa shape index (κ1) is 13.2. The number of amides is 1. The van der Waals surface area contributed by atoms with Crippen molar-refractivity contribution in [3.63, 3.8) is 0 Å². The highest BCUT2D eigenvalue weighted by molar-refractivity contribution is 5.99. The molecule has 0 bridgehead atoms. The minimum atomic E-state index is -0.237. The molecule has 3 aromatic rings. The van der Waals surface area contributed by atoms with E-state index in [9.17, 15) is 4.79 Å². The van der Waals surface area contributed by atoms with Gasteiger partial charge in [-0.25, -0.2) is 4.98 Å². The van der Waals surface area contributed by atoms with Crippen LogP contribution in [0.1, 0.15) is 16.2 Å². The quantitative estimate of drug-likeness (QED) is 0.769. The van der Waals surface area contributed by atoms with Crippen molar-refractivity contribution in [3.05, 3.63) is 60.2 Å². The van der Waals surface area contributed by atoms with Crippen LogP contribution < -0.4 is 11.1 Å². The average Bonchev–Trinajstić information content (AvgIpc) is 3.00. The number of rotatable bonds is 4. The Bertz CT molecular complexity index is 766. The topological polar surface area (TPSA) is 81.1 Å². The molecule has 2 aromatic heterocycles. The van der Waals surface area contributed by atoms with Crippen LogP contribution >= 0.6 is 0 Å². The number of carbonyl (C=O) groups is 1. The van der Waals surface area contributed by atoms with E-state index in [4.69, 9.17) is 10.2 Å². The molecular formula is C16H15N3O2. The summed E-state index contributed by atoms with van der Waals surface area (Å²) in [6.07, 6.45) is 2.25. The monoisotopic (exact) mass is 281 g/mol. The van der Waals surface area contributed by atoms with Crippen molar-refractivity contribution >= 4 is 22.5 Å². The third kappa shape index (κ3) is 2.86. The molecule has 3 N–H and O–H groups in total. The van der Waals surface area contributed by atoms with Gasteiger partial charge in [0.25, 0.3) is 5.91 Å². The summed E-state index contributed by atoms with van der Waals surface area (Å²) in [5.41, 5.74) is 6.22. The molecule has 0 saturated heterocycles. The molecule has 1 aromatic carbocycles. The zero-order chi connectivity index (χ0) is 14.7. The summed E-state index contributed by atoms with van der Waals surface area (Å²) >= 11 is 0. The van der Waals surface area contributed by atoms with Gasteiger partial charge in [0.1, 0.15) is 17.3 Å². The van der Waals surface area contributed by atoms with Gasteiger partial charge in [-0.2, -0.15) is 0 Å². The van der Waals surface area contributed by atoms with Crippen LogP contribution in [0.3, 0.4) is 0 Å². The SMILES string of the molecule is Nc1nc(C(=O)NCCc2ccco2)cc2ccccc12. The Morgan fingerprint density at radius 2 is 2.10 bits per heavy atom. The van der Waals surface area contributed by atoms with Crippen LogP contribution in [0.25, 0.3) is 10.8 Å². The van der Waals surface area contributed by atoms with Gasteiger partial charge in [-0.1, -0.05) is 24.3 Å². The van der Waals surface area contributed by atoms with Crippen molar-refractivity contribution in [3.8, 4) is 0 Å². The molecule has 0 saturated carbocycles. The third-order valence-electron chi connectivity index (χ3n) is 3.24. The predicted molar refractivity (Wildman–Crippen MR) is 80.9 cm³/mol. The highest BCUT2D eigenvalue weighted by Crippen LogP contribution is 2.19. The lowest BCUT2D eigenvalue weighted by molar-refractivity contribution is 0.0949. The number of hydrogen-bond donors (Lipinski definition) is 2. The van der Waals surface area contributed by atoms with Crippen LogP contribution in [0.15, 0.2) is 53.1 Å². The maximum absolute atomic E-state index is 12.1. The standard InChI is InChI=1S/C16H15N3O2/c17-15-13-6-2-1-4-11(13)10-14(19-15)16(20)18-8-7-12-5-3-9-21-12/h1-6,9-10H,7-8H2,(H2,17,19)(H,18,20). The van der Waals surface area contributed by atoms with Crippen molar-refractivity contribution in [1.82, 2.24) is 10.3 Å². The fraction of sp³-hybridized carbons (Fsp3) is 0.125. The Hall–Kier alpha value is -2.82. The van der Waals surface area contributed by atoms with Crippen molar-refractivity contribution < 1.29 is 9.21 Å². The lowest BCUT2D eigenvalue weighted by atomic mass is 10.1. The Balaban J connectivity index is 1.72. The predicted octanol–water partition coefficient (Wildman–Crippen LogP) is 2.38. The van der Waals surface area contributed by atoms with Crippen LogP contribution in [-0.4, -0.2) is 17.4 Å². The number of fused-ring (bicyclic) bond motifs is 1. The van der Waals surface area contributed by atoms with Gasteiger partial charge in [0.2, 0.25) is 0 Å². The van der Waals surface area contributed by atoms with Gasteiger partial charge in [0, 0.05) is 18.4 Å². The third-order valence-corrected chi connectivity index (χ3v) is 3.24. The lowest BCUT2D eigenvalue weighted by Crippen LogP contribution is -2.26. The number of furan rings is 1. The lowest BCUT2D eigenvalue weighted by Gasteiger charge is -2.07. The summed E-state index contributed by atoms with van der Waals surface area (Å²) in [6.45, 7) is 0.487. The number of nitrogens with zero attached hydrogens (tertiary/aromatic N) is 1. The second-order valence-electron chi connectivity index (χ2n) is 4.70. The van der Waals surface area contributed by atoms with Crippen LogP contribution in [0.4, 0.5) is 5.82 Å². The molecule has 0 atom stereocenters. The fourth-order valence-electron chi connectivity index (χ4n) is 2.19. The number of nitrogens with two attached hydrogens (primary N) is 1. The van der Waals surface area contributed by atoms with E-state index >= 15 is 0 Å². The molecule has 1 amide bonds. The molecule has 0 aliphatic heterocycles. The molecule has 0 unspecified atom stereocenters. The van der Waals surface area contributed by atoms with Crippen LogP contribution in [-0.2, 0) is 6.42 Å². The van der Waals surface area contributed by atoms with E-state index in [1.165, 1.54) is 0 Å². The number of pyridine rings is 1. The second kappa shape index (κ2) is 5.66. The first-order valence-corrected chi connectivity index (χ1v) is 6.70. The van der Waals surface area contributed by atoms with E-state index in [1.54, 1.807) is 12.3 Å². The van der Waals surface area contributed by atoms with Crippen LogP contribution in [0.5, 0.6) is 0 Å². The molecular weight excluding hydrogens is 266 g/mol. The zero-order valence-electron chi connectivity index (χ0n) is 11.4. The molecule has 3 rings (SSSR count). The number of anilines is 1. The molecule has 0 spiro atoms. The summed E-state index contributed by atoms with van der Waals surface area (Å²) < 4.78 is 5.21. The highest BCUT2D eigenvalue weighted by Gasteiger charge is 2.10. The zero-order valence-corrected chi connectivity index (χ0v) is 11.4. The molecule has 0 aliphatic carbocycles. The maximum atomic E-state index is 12.1. The van der Waals surface area contributed by atoms with Gasteiger partial charge in [-0.05, 0) is 23.6 Å². The summed E-state index contributed by atoms with van der Waals surface area (Å²) in [5.74, 6) is 0.963. The van der Waals surface area contributed by atoms with E-state index in [0.717, 1.165) is 16.5 Å². The smallest absolute Gasteiger partial charge is 0.270 e. The van der Waals surface area contributed by atoms with Gasteiger partial charge in [-0.3, -0.25) is 4.79 Å². The van der Waals surface area contributed by atoms with Crippen LogP contribution in [0, 0.1) is 0 Å². The minimum absolute atomic E-state index is 0.237. The van der Waals surface area contributed by atoms with Gasteiger partial charge in [0.15, 0.2) is 0 Å². The molecule has 0 radical (unpaired) electrons. The number of carbonyl (C=O) groups excluding carboxylic acids is 1. The maximum Gasteiger partial charge on any atom is 0.270 e. The molecule has 106 valence electrons. The van der Waals surface area contributed by atoms with Gasteiger partial charge >= 0.3 is 0 Å². The summed E-state index contributed by atoms with van der Waals surface area (Å²) in [5, 5.41) is 4.57. The first-order valence-electron chi connectivity index (χ1n) is 6.70. The Kier molecular flexibility index (Phi) is 3.55. The van der Waals surface area contributed by atoms with Crippen molar-refractivity contribution in [2.24, 2.45) is 0 Å². The van der Waals surface area contributed by atoms with E-state index in [0.29, 0.717) is 24.5 Å². The summed E-state index contributed by atoms with van der Waals surface area (Å²) in [4.78, 5) is 16.3. The van der Waals surface area contributed by atoms with Crippen LogP contribution in [0.2, 0.25) is 0 Å². The number of aromatic nitrogens is 1. The average molecular weight is 281 g/mol. The molecule has 5 nitrogen and oxygen atoms in total. The van der Waals surface area contributed by atoms with Gasteiger partial charge in [0.05, 0.1) is 6.26 Å². The Labute approximate surface area is 121 Å². The van der Waals surface area contributed by atoms with Gasteiger partial charge in [-0.15, -0.1) is 0 Å². The Morgan fingerprint density at radius 3 is 2.90 bits per heavy atom. The fourth-order valence-corrected chi connectivity index (χ4v) is 2.19. The number of nitrogen functional groups attached to an aromatic ring is 1. The Morgan fingerprint density at radius 1 is 1.24 bits per heavy atom. The molecule has 2 heterocycles. The number of benzene rings is 1. The summed E-state index contributed by atoms with van der Waals surface area (Å²) in [7, 11) is 0. The molecule has 0 fully saturated rings. The van der Waals surface area contributed by atoms with E-state index < -0.39 is 0 Å². The van der Waals surface area contributed by atoms with Gasteiger partial charge < -0.3 is 15.5 Å². The van der Waals surface area contributed by atoms with Crippen molar-refractivity contribution in [2.75, 3.05) is 12.3 Å². The largest absolute Gasteiger partial charge is 0.469 e. The van der Waals surface area contributed by atoms with E-state index in [1.807, 2.05) is 36.4 Å². The molecule has 0 aliphatic rings. The normalized spacial score (nSPS) is 10.7. The highest BCUT2D eigenvalue weighted by atomic mass is 16.3. The first-order chi connectivity index (χ1) is 10.2. The number of hydrogen-bond acceptors (Lipinski definition) is 4. The van der Waals surface area contributed by atoms with E-state index in [-0.39, 0.29) is 5.91 Å². The molecule has 21 heavy (non-hydrogen) atoms. The second-order valence-corrected chi connectivity index (χ2v) is 4.70. The van der Waals surface area contributed by atoms with E-state index in [2.05, 4.69) is 10.3 Å². The summed E-state index contributed by atoms with van der Waals surface area (Å²) in [6, 6.07) is 13.0. The van der Waals surface area contributed by atoms with Crippen molar-refractivity contribution in [1.29, 1.82) is 0 Å². The van der Waals surface area contributed by atoms with Crippen molar-refractivity contribution in [2.45, 2.75) is 6.42 Å². The molecule has 5 heteroatoms. The minimum Gasteiger partial charge on any atom is -0.469 e.